The molecule has 6 heteroatoms. The Hall–Kier alpha value is -1.46. The highest BCUT2D eigenvalue weighted by Crippen LogP contribution is 2.18. The molecule has 84 valence electrons. The molecule has 16 heavy (non-hydrogen) atoms. The van der Waals surface area contributed by atoms with Gasteiger partial charge in [-0.15, -0.1) is 0 Å². The van der Waals surface area contributed by atoms with Crippen molar-refractivity contribution in [1.29, 1.82) is 0 Å². The molecule has 4 nitrogen and oxygen atoms in total. The maximum Gasteiger partial charge on any atom is 0.148 e. The molecule has 0 atom stereocenters. The van der Waals surface area contributed by atoms with Crippen molar-refractivity contribution in [2.45, 2.75) is 13.5 Å². The fraction of sp³-hybridized carbons (Fsp3) is 0.200. The minimum atomic E-state index is -0.490. The van der Waals surface area contributed by atoms with E-state index in [9.17, 15) is 4.39 Å². The zero-order valence-electron chi connectivity index (χ0n) is 8.61. The molecule has 0 amide bonds. The molecule has 0 radical (unpaired) electrons. The fourth-order valence-electron chi connectivity index (χ4n) is 1.41. The van der Waals surface area contributed by atoms with Gasteiger partial charge in [-0.05, 0) is 19.1 Å². The summed E-state index contributed by atoms with van der Waals surface area (Å²) in [6.45, 7) is 1.99. The number of benzene rings is 1. The Bertz CT molecular complexity index is 524. The summed E-state index contributed by atoms with van der Waals surface area (Å²) >= 11 is 5.60. The lowest BCUT2D eigenvalue weighted by molar-refractivity contribution is 0.625. The second kappa shape index (κ2) is 4.19. The molecule has 2 N–H and O–H groups in total. The second-order valence-electron chi connectivity index (χ2n) is 3.29. The summed E-state index contributed by atoms with van der Waals surface area (Å²) in [5.41, 5.74) is 6.08. The summed E-state index contributed by atoms with van der Waals surface area (Å²) in [4.78, 5) is 4.13. The van der Waals surface area contributed by atoms with Gasteiger partial charge in [-0.25, -0.2) is 14.1 Å². The van der Waals surface area contributed by atoms with Gasteiger partial charge in [0, 0.05) is 6.07 Å². The number of hydrogen-bond acceptors (Lipinski definition) is 3. The van der Waals surface area contributed by atoms with E-state index in [1.807, 2.05) is 0 Å². The lowest BCUT2D eigenvalue weighted by Gasteiger charge is -2.04. The molecule has 2 aromatic rings. The molecular weight excluding hydrogens is 231 g/mol. The number of halogens is 2. The van der Waals surface area contributed by atoms with Crippen LogP contribution in [-0.4, -0.2) is 14.8 Å². The zero-order valence-corrected chi connectivity index (χ0v) is 9.37. The largest absolute Gasteiger partial charge is 0.324 e. The molecular formula is C10H10ClFN4. The summed E-state index contributed by atoms with van der Waals surface area (Å²) in [6, 6.07) is 4.44. The van der Waals surface area contributed by atoms with E-state index in [0.717, 1.165) is 0 Å². The van der Waals surface area contributed by atoms with E-state index in [0.29, 0.717) is 17.3 Å². The Morgan fingerprint density at radius 2 is 2.25 bits per heavy atom. The van der Waals surface area contributed by atoms with Gasteiger partial charge in [0.15, 0.2) is 0 Å². The summed E-state index contributed by atoms with van der Waals surface area (Å²) in [5.74, 6) is 0.685. The third-order valence-electron chi connectivity index (χ3n) is 2.11. The van der Waals surface area contributed by atoms with E-state index in [2.05, 4.69) is 10.1 Å². The Labute approximate surface area is 96.9 Å². The Morgan fingerprint density at radius 3 is 2.88 bits per heavy atom. The number of nitrogens with two attached hydrogens (primary N) is 1. The van der Waals surface area contributed by atoms with Gasteiger partial charge in [0.25, 0.3) is 0 Å². The highest BCUT2D eigenvalue weighted by atomic mass is 35.5. The van der Waals surface area contributed by atoms with Crippen LogP contribution >= 0.6 is 11.6 Å². The van der Waals surface area contributed by atoms with Crippen molar-refractivity contribution in [3.63, 3.8) is 0 Å². The maximum absolute atomic E-state index is 13.3. The van der Waals surface area contributed by atoms with E-state index in [1.54, 1.807) is 13.0 Å². The Kier molecular flexibility index (Phi) is 2.89. The van der Waals surface area contributed by atoms with Gasteiger partial charge in [0.05, 0.1) is 17.3 Å². The lowest BCUT2D eigenvalue weighted by Crippen LogP contribution is -2.08. The van der Waals surface area contributed by atoms with E-state index >= 15 is 0 Å². The van der Waals surface area contributed by atoms with Gasteiger partial charge in [0.1, 0.15) is 17.5 Å². The average Bonchev–Trinajstić information content (AvgIpc) is 2.63. The van der Waals surface area contributed by atoms with E-state index < -0.39 is 5.82 Å². The SMILES string of the molecule is Cc1nc(CN)n(-c2ccc(Cl)c(F)c2)n1. The molecule has 1 aromatic carbocycles. The van der Waals surface area contributed by atoms with Crippen molar-refractivity contribution in [2.75, 3.05) is 0 Å². The van der Waals surface area contributed by atoms with E-state index in [-0.39, 0.29) is 11.6 Å². The van der Waals surface area contributed by atoms with Crippen molar-refractivity contribution in [3.05, 3.63) is 40.7 Å². The van der Waals surface area contributed by atoms with Crippen molar-refractivity contribution < 1.29 is 4.39 Å². The van der Waals surface area contributed by atoms with Crippen molar-refractivity contribution in [2.24, 2.45) is 5.73 Å². The number of nitrogens with zero attached hydrogens (tertiary/aromatic N) is 3. The van der Waals surface area contributed by atoms with E-state index in [1.165, 1.54) is 16.8 Å². The van der Waals surface area contributed by atoms with Crippen molar-refractivity contribution >= 4 is 11.6 Å². The van der Waals surface area contributed by atoms with Crippen LogP contribution in [0.15, 0.2) is 18.2 Å². The zero-order chi connectivity index (χ0) is 11.7. The van der Waals surface area contributed by atoms with Crippen LogP contribution in [0.1, 0.15) is 11.6 Å². The van der Waals surface area contributed by atoms with Crippen LogP contribution in [0.5, 0.6) is 0 Å². The van der Waals surface area contributed by atoms with Crippen LogP contribution in [0.4, 0.5) is 4.39 Å². The van der Waals surface area contributed by atoms with Gasteiger partial charge in [-0.1, -0.05) is 11.6 Å². The third kappa shape index (κ3) is 1.91. The highest BCUT2D eigenvalue weighted by molar-refractivity contribution is 6.30. The smallest absolute Gasteiger partial charge is 0.148 e. The normalized spacial score (nSPS) is 10.8. The summed E-state index contributed by atoms with van der Waals surface area (Å²) in [7, 11) is 0. The molecule has 0 aliphatic carbocycles. The molecule has 0 fully saturated rings. The predicted molar refractivity (Wildman–Crippen MR) is 59.0 cm³/mol. The number of hydrogen-bond donors (Lipinski definition) is 1. The molecule has 0 saturated carbocycles. The third-order valence-corrected chi connectivity index (χ3v) is 2.42. The topological polar surface area (TPSA) is 56.7 Å². The monoisotopic (exact) mass is 240 g/mol. The molecule has 1 heterocycles. The average molecular weight is 241 g/mol. The molecule has 0 bridgehead atoms. The molecule has 0 spiro atoms. The molecule has 1 aromatic heterocycles. The second-order valence-corrected chi connectivity index (χ2v) is 3.70. The van der Waals surface area contributed by atoms with Crippen LogP contribution in [-0.2, 0) is 6.54 Å². The Balaban J connectivity index is 2.53. The highest BCUT2D eigenvalue weighted by Gasteiger charge is 2.09. The van der Waals surface area contributed by atoms with Gasteiger partial charge >= 0.3 is 0 Å². The number of aryl methyl sites for hydroxylation is 1. The van der Waals surface area contributed by atoms with E-state index in [4.69, 9.17) is 17.3 Å². The first-order valence-electron chi connectivity index (χ1n) is 4.70. The first kappa shape index (κ1) is 11.0. The van der Waals surface area contributed by atoms with Crippen LogP contribution in [0.2, 0.25) is 5.02 Å². The first-order chi connectivity index (χ1) is 7.61. The fourth-order valence-corrected chi connectivity index (χ4v) is 1.53. The molecule has 0 unspecified atom stereocenters. The molecule has 0 saturated heterocycles. The quantitative estimate of drug-likeness (QED) is 0.871. The number of aromatic nitrogens is 3. The van der Waals surface area contributed by atoms with Gasteiger partial charge in [0.2, 0.25) is 0 Å². The van der Waals surface area contributed by atoms with Crippen LogP contribution in [0.3, 0.4) is 0 Å². The Morgan fingerprint density at radius 1 is 1.50 bits per heavy atom. The standard InChI is InChI=1S/C10H10ClFN4/c1-6-14-10(5-13)16(15-6)7-2-3-8(11)9(12)4-7/h2-4H,5,13H2,1H3. The van der Waals surface area contributed by atoms with Crippen LogP contribution in [0, 0.1) is 12.7 Å². The van der Waals surface area contributed by atoms with Gasteiger partial charge in [-0.3, -0.25) is 0 Å². The molecule has 0 aliphatic heterocycles. The van der Waals surface area contributed by atoms with Gasteiger partial charge < -0.3 is 5.73 Å². The van der Waals surface area contributed by atoms with Crippen molar-refractivity contribution in [3.8, 4) is 5.69 Å². The summed E-state index contributed by atoms with van der Waals surface area (Å²) in [6.07, 6.45) is 0. The first-order valence-corrected chi connectivity index (χ1v) is 5.07. The van der Waals surface area contributed by atoms with Crippen molar-refractivity contribution in [1.82, 2.24) is 14.8 Å². The summed E-state index contributed by atoms with van der Waals surface area (Å²) in [5, 5.41) is 4.22. The minimum absolute atomic E-state index is 0.0786. The van der Waals surface area contributed by atoms with Gasteiger partial charge in [-0.2, -0.15) is 5.10 Å². The summed E-state index contributed by atoms with van der Waals surface area (Å²) < 4.78 is 14.8. The van der Waals surface area contributed by atoms with Crippen LogP contribution in [0.25, 0.3) is 5.69 Å². The lowest BCUT2D eigenvalue weighted by atomic mass is 10.3. The molecule has 2 rings (SSSR count). The molecule has 0 aliphatic rings. The van der Waals surface area contributed by atoms with Crippen LogP contribution < -0.4 is 5.73 Å². The number of rotatable bonds is 2. The predicted octanol–water partition coefficient (Wildman–Crippen LogP) is 1.83. The maximum atomic E-state index is 13.3. The minimum Gasteiger partial charge on any atom is -0.324 e.